The Hall–Kier alpha value is -0.0800. The van der Waals surface area contributed by atoms with E-state index in [1.54, 1.807) is 0 Å². The van der Waals surface area contributed by atoms with Gasteiger partial charge in [0.15, 0.2) is 0 Å². The van der Waals surface area contributed by atoms with Gasteiger partial charge in [-0.3, -0.25) is 0 Å². The van der Waals surface area contributed by atoms with Crippen LogP contribution in [0.4, 0.5) is 0 Å². The largest absolute Gasteiger partial charge is 0.330 e. The highest BCUT2D eigenvalue weighted by Crippen LogP contribution is 2.31. The van der Waals surface area contributed by atoms with Crippen molar-refractivity contribution in [2.24, 2.45) is 17.6 Å². The first-order valence-corrected chi connectivity index (χ1v) is 7.05. The molecule has 2 N–H and O–H groups in total. The highest BCUT2D eigenvalue weighted by molar-refractivity contribution is 4.80. The Morgan fingerprint density at radius 3 is 2.44 bits per heavy atom. The molecule has 3 atom stereocenters. The summed E-state index contributed by atoms with van der Waals surface area (Å²) in [5.41, 5.74) is 5.51. The lowest BCUT2D eigenvalue weighted by Gasteiger charge is -2.37. The van der Waals surface area contributed by atoms with Gasteiger partial charge in [0.05, 0.1) is 0 Å². The molecule has 1 aliphatic rings. The van der Waals surface area contributed by atoms with Crippen LogP contribution in [0.1, 0.15) is 52.4 Å². The molecule has 1 saturated carbocycles. The first-order valence-electron chi connectivity index (χ1n) is 7.05. The van der Waals surface area contributed by atoms with E-state index in [1.807, 2.05) is 0 Å². The third kappa shape index (κ3) is 4.42. The van der Waals surface area contributed by atoms with Crippen LogP contribution in [0.5, 0.6) is 0 Å². The van der Waals surface area contributed by atoms with Crippen molar-refractivity contribution in [1.82, 2.24) is 4.90 Å². The van der Waals surface area contributed by atoms with Crippen LogP contribution in [0, 0.1) is 11.8 Å². The highest BCUT2D eigenvalue weighted by Gasteiger charge is 2.26. The highest BCUT2D eigenvalue weighted by atomic mass is 15.1. The molecule has 0 saturated heterocycles. The second-order valence-electron chi connectivity index (χ2n) is 5.75. The van der Waals surface area contributed by atoms with Gasteiger partial charge in [-0.2, -0.15) is 0 Å². The first kappa shape index (κ1) is 14.0. The van der Waals surface area contributed by atoms with E-state index in [1.165, 1.54) is 45.1 Å². The maximum atomic E-state index is 5.51. The van der Waals surface area contributed by atoms with E-state index in [9.17, 15) is 0 Å². The van der Waals surface area contributed by atoms with E-state index < -0.39 is 0 Å². The van der Waals surface area contributed by atoms with E-state index in [4.69, 9.17) is 5.73 Å². The fraction of sp³-hybridized carbons (Fsp3) is 1.00. The Kier molecular flexibility index (Phi) is 6.37. The lowest BCUT2D eigenvalue weighted by atomic mass is 9.78. The zero-order valence-electron chi connectivity index (χ0n) is 11.4. The van der Waals surface area contributed by atoms with Crippen LogP contribution < -0.4 is 5.73 Å². The van der Waals surface area contributed by atoms with Crippen molar-refractivity contribution in [3.63, 3.8) is 0 Å². The molecule has 3 unspecified atom stereocenters. The zero-order chi connectivity index (χ0) is 12.0. The molecule has 2 nitrogen and oxygen atoms in total. The molecule has 0 aromatic rings. The van der Waals surface area contributed by atoms with Crippen molar-refractivity contribution in [3.05, 3.63) is 0 Å². The van der Waals surface area contributed by atoms with Crippen molar-refractivity contribution in [1.29, 1.82) is 0 Å². The van der Waals surface area contributed by atoms with E-state index in [-0.39, 0.29) is 0 Å². The third-order valence-electron chi connectivity index (χ3n) is 4.41. The fourth-order valence-electron chi connectivity index (χ4n) is 2.78. The van der Waals surface area contributed by atoms with E-state index in [0.29, 0.717) is 0 Å². The van der Waals surface area contributed by atoms with Crippen LogP contribution in [-0.2, 0) is 0 Å². The monoisotopic (exact) mass is 226 g/mol. The van der Waals surface area contributed by atoms with Gasteiger partial charge < -0.3 is 10.6 Å². The van der Waals surface area contributed by atoms with Crippen LogP contribution in [0.3, 0.4) is 0 Å². The SMILES string of the molecule is CC1CCC(N(C)CCCCCN)CC1C. The van der Waals surface area contributed by atoms with Crippen molar-refractivity contribution in [2.45, 2.75) is 58.4 Å². The zero-order valence-corrected chi connectivity index (χ0v) is 11.4. The van der Waals surface area contributed by atoms with Gasteiger partial charge in [0.1, 0.15) is 0 Å². The van der Waals surface area contributed by atoms with Crippen molar-refractivity contribution in [3.8, 4) is 0 Å². The standard InChI is InChI=1S/C14H30N2/c1-12-7-8-14(11-13(12)2)16(3)10-6-4-5-9-15/h12-14H,4-11,15H2,1-3H3. The second-order valence-corrected chi connectivity index (χ2v) is 5.75. The summed E-state index contributed by atoms with van der Waals surface area (Å²) in [6.07, 6.45) is 8.01. The summed E-state index contributed by atoms with van der Waals surface area (Å²) in [5.74, 6) is 1.84. The Morgan fingerprint density at radius 1 is 1.06 bits per heavy atom. The molecule has 0 bridgehead atoms. The molecule has 0 radical (unpaired) electrons. The molecule has 0 spiro atoms. The summed E-state index contributed by atoms with van der Waals surface area (Å²) < 4.78 is 0. The Labute approximate surface area is 102 Å². The topological polar surface area (TPSA) is 29.3 Å². The number of unbranched alkanes of at least 4 members (excludes halogenated alkanes) is 2. The average Bonchev–Trinajstić information content (AvgIpc) is 2.28. The molecule has 0 aromatic heterocycles. The summed E-state index contributed by atoms with van der Waals surface area (Å²) in [6.45, 7) is 6.93. The number of nitrogens with zero attached hydrogens (tertiary/aromatic N) is 1. The van der Waals surface area contributed by atoms with Gasteiger partial charge in [-0.05, 0) is 64.1 Å². The Balaban J connectivity index is 2.18. The first-order chi connectivity index (χ1) is 7.65. The fourth-order valence-corrected chi connectivity index (χ4v) is 2.78. The van der Waals surface area contributed by atoms with Gasteiger partial charge in [-0.1, -0.05) is 20.3 Å². The normalized spacial score (nSPS) is 30.9. The molecule has 2 heteroatoms. The molecule has 1 aliphatic carbocycles. The van der Waals surface area contributed by atoms with Crippen molar-refractivity contribution in [2.75, 3.05) is 20.1 Å². The Morgan fingerprint density at radius 2 is 1.81 bits per heavy atom. The van der Waals surface area contributed by atoms with E-state index >= 15 is 0 Å². The van der Waals surface area contributed by atoms with Crippen LogP contribution in [0.2, 0.25) is 0 Å². The van der Waals surface area contributed by atoms with Crippen molar-refractivity contribution < 1.29 is 0 Å². The lowest BCUT2D eigenvalue weighted by molar-refractivity contribution is 0.130. The lowest BCUT2D eigenvalue weighted by Crippen LogP contribution is -2.38. The summed E-state index contributed by atoms with van der Waals surface area (Å²) >= 11 is 0. The van der Waals surface area contributed by atoms with E-state index in [0.717, 1.165) is 24.4 Å². The molecule has 16 heavy (non-hydrogen) atoms. The number of hydrogen-bond donors (Lipinski definition) is 1. The average molecular weight is 226 g/mol. The minimum atomic E-state index is 0.837. The number of nitrogens with two attached hydrogens (primary N) is 1. The summed E-state index contributed by atoms with van der Waals surface area (Å²) in [7, 11) is 2.30. The van der Waals surface area contributed by atoms with Crippen LogP contribution >= 0.6 is 0 Å². The molecule has 96 valence electrons. The molecular formula is C14H30N2. The molecule has 0 aromatic carbocycles. The minimum absolute atomic E-state index is 0.837. The van der Waals surface area contributed by atoms with Gasteiger partial charge in [0, 0.05) is 6.04 Å². The molecule has 1 rings (SSSR count). The second kappa shape index (κ2) is 7.29. The molecule has 0 aliphatic heterocycles. The Bertz CT molecular complexity index is 182. The van der Waals surface area contributed by atoms with Gasteiger partial charge >= 0.3 is 0 Å². The van der Waals surface area contributed by atoms with Crippen molar-refractivity contribution >= 4 is 0 Å². The summed E-state index contributed by atoms with van der Waals surface area (Å²) in [5, 5.41) is 0. The summed E-state index contributed by atoms with van der Waals surface area (Å²) in [6, 6.07) is 0.837. The molecule has 1 fully saturated rings. The van der Waals surface area contributed by atoms with Gasteiger partial charge in [-0.25, -0.2) is 0 Å². The maximum absolute atomic E-state index is 5.51. The van der Waals surface area contributed by atoms with Gasteiger partial charge in [0.2, 0.25) is 0 Å². The van der Waals surface area contributed by atoms with Crippen LogP contribution in [-0.4, -0.2) is 31.1 Å². The van der Waals surface area contributed by atoms with Gasteiger partial charge in [-0.15, -0.1) is 0 Å². The molecule has 0 heterocycles. The maximum Gasteiger partial charge on any atom is 0.00949 e. The molecule has 0 amide bonds. The van der Waals surface area contributed by atoms with Crippen LogP contribution in [0.25, 0.3) is 0 Å². The predicted molar refractivity (Wildman–Crippen MR) is 71.5 cm³/mol. The molecular weight excluding hydrogens is 196 g/mol. The smallest absolute Gasteiger partial charge is 0.00949 e. The number of hydrogen-bond acceptors (Lipinski definition) is 2. The summed E-state index contributed by atoms with van der Waals surface area (Å²) in [4.78, 5) is 2.58. The minimum Gasteiger partial charge on any atom is -0.330 e. The third-order valence-corrected chi connectivity index (χ3v) is 4.41. The van der Waals surface area contributed by atoms with Gasteiger partial charge in [0.25, 0.3) is 0 Å². The van der Waals surface area contributed by atoms with Crippen LogP contribution in [0.15, 0.2) is 0 Å². The predicted octanol–water partition coefficient (Wildman–Crippen LogP) is 2.87. The quantitative estimate of drug-likeness (QED) is 0.706. The number of rotatable bonds is 6. The van der Waals surface area contributed by atoms with E-state index in [2.05, 4.69) is 25.8 Å².